The van der Waals surface area contributed by atoms with Crippen molar-refractivity contribution >= 4 is 0 Å². The monoisotopic (exact) mass is 266 g/mol. The fourth-order valence-electron chi connectivity index (χ4n) is 1.88. The standard InChI is InChI=1S/C15H26N2O2/c1-6-16-12(2)14-8-7-13(18-5)11-15(14)19-10-9-17(3)4/h7-8,11-12,16H,6,9-10H2,1-5H3. The summed E-state index contributed by atoms with van der Waals surface area (Å²) in [6, 6.07) is 6.27. The zero-order valence-corrected chi connectivity index (χ0v) is 12.7. The average molecular weight is 266 g/mol. The van der Waals surface area contributed by atoms with Crippen molar-refractivity contribution < 1.29 is 9.47 Å². The van der Waals surface area contributed by atoms with E-state index in [4.69, 9.17) is 9.47 Å². The first kappa shape index (κ1) is 15.8. The van der Waals surface area contributed by atoms with Gasteiger partial charge in [-0.05, 0) is 33.6 Å². The molecule has 0 aromatic heterocycles. The minimum Gasteiger partial charge on any atom is -0.497 e. The molecule has 0 aliphatic rings. The Hall–Kier alpha value is -1.26. The van der Waals surface area contributed by atoms with Crippen LogP contribution in [-0.2, 0) is 0 Å². The van der Waals surface area contributed by atoms with Gasteiger partial charge in [-0.25, -0.2) is 0 Å². The van der Waals surface area contributed by atoms with Crippen molar-refractivity contribution in [3.05, 3.63) is 23.8 Å². The smallest absolute Gasteiger partial charge is 0.127 e. The second-order valence-electron chi connectivity index (χ2n) is 4.83. The van der Waals surface area contributed by atoms with E-state index in [9.17, 15) is 0 Å². The highest BCUT2D eigenvalue weighted by Crippen LogP contribution is 2.29. The second-order valence-corrected chi connectivity index (χ2v) is 4.83. The number of nitrogens with zero attached hydrogens (tertiary/aromatic N) is 1. The molecule has 19 heavy (non-hydrogen) atoms. The molecule has 1 N–H and O–H groups in total. The summed E-state index contributed by atoms with van der Waals surface area (Å²) < 4.78 is 11.2. The Labute approximate surface area is 116 Å². The Balaban J connectivity index is 2.82. The van der Waals surface area contributed by atoms with Gasteiger partial charge in [-0.3, -0.25) is 0 Å². The second kappa shape index (κ2) is 8.02. The molecule has 0 spiro atoms. The zero-order chi connectivity index (χ0) is 14.3. The predicted molar refractivity (Wildman–Crippen MR) is 79.1 cm³/mol. The fourth-order valence-corrected chi connectivity index (χ4v) is 1.88. The average Bonchev–Trinajstić information content (AvgIpc) is 2.38. The molecule has 1 rings (SSSR count). The van der Waals surface area contributed by atoms with E-state index in [-0.39, 0.29) is 6.04 Å². The first-order valence-electron chi connectivity index (χ1n) is 6.77. The largest absolute Gasteiger partial charge is 0.497 e. The molecule has 108 valence electrons. The Morgan fingerprint density at radius 3 is 2.63 bits per heavy atom. The Morgan fingerprint density at radius 1 is 1.32 bits per heavy atom. The van der Waals surface area contributed by atoms with E-state index in [0.717, 1.165) is 24.6 Å². The van der Waals surface area contributed by atoms with Crippen LogP contribution in [0.4, 0.5) is 0 Å². The summed E-state index contributed by atoms with van der Waals surface area (Å²) in [6.45, 7) is 6.75. The van der Waals surface area contributed by atoms with Crippen LogP contribution in [0.15, 0.2) is 18.2 Å². The Kier molecular flexibility index (Phi) is 6.67. The maximum absolute atomic E-state index is 5.90. The van der Waals surface area contributed by atoms with Gasteiger partial charge in [0.2, 0.25) is 0 Å². The van der Waals surface area contributed by atoms with E-state index in [0.29, 0.717) is 6.61 Å². The van der Waals surface area contributed by atoms with Gasteiger partial charge in [0.15, 0.2) is 0 Å². The summed E-state index contributed by atoms with van der Waals surface area (Å²) in [4.78, 5) is 2.10. The first-order valence-corrected chi connectivity index (χ1v) is 6.77. The topological polar surface area (TPSA) is 33.7 Å². The number of ether oxygens (including phenoxy) is 2. The van der Waals surface area contributed by atoms with Gasteiger partial charge in [0.05, 0.1) is 7.11 Å². The van der Waals surface area contributed by atoms with Crippen molar-refractivity contribution in [1.82, 2.24) is 10.2 Å². The van der Waals surface area contributed by atoms with Crippen LogP contribution in [0.5, 0.6) is 11.5 Å². The molecule has 1 unspecified atom stereocenters. The molecule has 0 fully saturated rings. The van der Waals surface area contributed by atoms with E-state index in [1.807, 2.05) is 26.2 Å². The summed E-state index contributed by atoms with van der Waals surface area (Å²) in [6.07, 6.45) is 0. The van der Waals surface area contributed by atoms with E-state index >= 15 is 0 Å². The van der Waals surface area contributed by atoms with Gasteiger partial charge in [-0.15, -0.1) is 0 Å². The third-order valence-electron chi connectivity index (χ3n) is 2.99. The van der Waals surface area contributed by atoms with Gasteiger partial charge in [0, 0.05) is 24.2 Å². The van der Waals surface area contributed by atoms with Crippen LogP contribution in [0.3, 0.4) is 0 Å². The fraction of sp³-hybridized carbons (Fsp3) is 0.600. The van der Waals surface area contributed by atoms with Gasteiger partial charge in [0.1, 0.15) is 18.1 Å². The molecule has 1 aromatic rings. The summed E-state index contributed by atoms with van der Waals surface area (Å²) in [5.41, 5.74) is 1.17. The van der Waals surface area contributed by atoms with Crippen molar-refractivity contribution in [2.24, 2.45) is 0 Å². The van der Waals surface area contributed by atoms with Crippen molar-refractivity contribution in [2.75, 3.05) is 40.9 Å². The molecule has 0 aliphatic carbocycles. The minimum absolute atomic E-state index is 0.269. The van der Waals surface area contributed by atoms with Gasteiger partial charge < -0.3 is 19.7 Å². The normalized spacial score (nSPS) is 12.5. The molecule has 0 bridgehead atoms. The number of hydrogen-bond donors (Lipinski definition) is 1. The van der Waals surface area contributed by atoms with Crippen molar-refractivity contribution in [2.45, 2.75) is 19.9 Å². The lowest BCUT2D eigenvalue weighted by atomic mass is 10.1. The zero-order valence-electron chi connectivity index (χ0n) is 12.7. The lowest BCUT2D eigenvalue weighted by Crippen LogP contribution is -2.21. The van der Waals surface area contributed by atoms with Crippen LogP contribution in [0, 0.1) is 0 Å². The summed E-state index contributed by atoms with van der Waals surface area (Å²) in [7, 11) is 5.75. The van der Waals surface area contributed by atoms with Gasteiger partial charge in [-0.2, -0.15) is 0 Å². The number of methoxy groups -OCH3 is 1. The summed E-state index contributed by atoms with van der Waals surface area (Å²) in [5.74, 6) is 1.72. The maximum atomic E-state index is 5.90. The van der Waals surface area contributed by atoms with Crippen molar-refractivity contribution in [1.29, 1.82) is 0 Å². The number of likely N-dealkylation sites (N-methyl/N-ethyl adjacent to an activating group) is 1. The molecule has 0 saturated heterocycles. The van der Waals surface area contributed by atoms with E-state index in [1.54, 1.807) is 7.11 Å². The third kappa shape index (κ3) is 5.09. The lowest BCUT2D eigenvalue weighted by Gasteiger charge is -2.19. The molecule has 1 atom stereocenters. The maximum Gasteiger partial charge on any atom is 0.127 e. The molecule has 4 nitrogen and oxygen atoms in total. The molecule has 4 heteroatoms. The first-order chi connectivity index (χ1) is 9.08. The SMILES string of the molecule is CCNC(C)c1ccc(OC)cc1OCCN(C)C. The van der Waals surface area contributed by atoms with Gasteiger partial charge >= 0.3 is 0 Å². The Morgan fingerprint density at radius 2 is 2.05 bits per heavy atom. The van der Waals surface area contributed by atoms with Gasteiger partial charge in [-0.1, -0.05) is 13.0 Å². The molecule has 0 aliphatic heterocycles. The van der Waals surface area contributed by atoms with E-state index < -0.39 is 0 Å². The van der Waals surface area contributed by atoms with Crippen LogP contribution in [-0.4, -0.2) is 45.8 Å². The minimum atomic E-state index is 0.269. The molecule has 1 aromatic carbocycles. The molecule has 0 heterocycles. The van der Waals surface area contributed by atoms with Crippen LogP contribution in [0.1, 0.15) is 25.5 Å². The number of rotatable bonds is 8. The van der Waals surface area contributed by atoms with Crippen LogP contribution in [0.25, 0.3) is 0 Å². The molecule has 0 amide bonds. The van der Waals surface area contributed by atoms with Gasteiger partial charge in [0.25, 0.3) is 0 Å². The van der Waals surface area contributed by atoms with E-state index in [1.165, 1.54) is 5.56 Å². The summed E-state index contributed by atoms with van der Waals surface area (Å²) >= 11 is 0. The number of nitrogens with one attached hydrogen (secondary N) is 1. The predicted octanol–water partition coefficient (Wildman–Crippen LogP) is 2.31. The highest BCUT2D eigenvalue weighted by molar-refractivity contribution is 5.42. The number of hydrogen-bond acceptors (Lipinski definition) is 4. The van der Waals surface area contributed by atoms with E-state index in [2.05, 4.69) is 30.1 Å². The van der Waals surface area contributed by atoms with Crippen molar-refractivity contribution in [3.63, 3.8) is 0 Å². The van der Waals surface area contributed by atoms with Crippen LogP contribution < -0.4 is 14.8 Å². The lowest BCUT2D eigenvalue weighted by molar-refractivity contribution is 0.257. The Bertz CT molecular complexity index is 380. The third-order valence-corrected chi connectivity index (χ3v) is 2.99. The highest BCUT2D eigenvalue weighted by atomic mass is 16.5. The molecular weight excluding hydrogens is 240 g/mol. The molecular formula is C15H26N2O2. The molecule has 0 radical (unpaired) electrons. The highest BCUT2D eigenvalue weighted by Gasteiger charge is 2.12. The quantitative estimate of drug-likeness (QED) is 0.783. The number of benzene rings is 1. The van der Waals surface area contributed by atoms with Crippen LogP contribution >= 0.6 is 0 Å². The van der Waals surface area contributed by atoms with Crippen molar-refractivity contribution in [3.8, 4) is 11.5 Å². The summed E-state index contributed by atoms with van der Waals surface area (Å²) in [5, 5.41) is 3.41. The molecule has 0 saturated carbocycles. The van der Waals surface area contributed by atoms with Crippen LogP contribution in [0.2, 0.25) is 0 Å².